The lowest BCUT2D eigenvalue weighted by Gasteiger charge is -2.26. The number of amides is 1. The predicted octanol–water partition coefficient (Wildman–Crippen LogP) is 5.20. The molecule has 3 rings (SSSR count). The highest BCUT2D eigenvalue weighted by molar-refractivity contribution is 5.86. The van der Waals surface area contributed by atoms with Gasteiger partial charge in [-0.3, -0.25) is 0 Å². The highest BCUT2D eigenvalue weighted by Gasteiger charge is 2.28. The second-order valence-electron chi connectivity index (χ2n) is 9.98. The first-order valence-electron chi connectivity index (χ1n) is 11.9. The summed E-state index contributed by atoms with van der Waals surface area (Å²) in [5.74, 6) is 0.0145. The third-order valence-electron chi connectivity index (χ3n) is 5.30. The van der Waals surface area contributed by atoms with Crippen LogP contribution < -0.4 is 14.4 Å². The molecule has 0 radical (unpaired) electrons. The summed E-state index contributed by atoms with van der Waals surface area (Å²) in [4.78, 5) is 27.2. The molecule has 0 unspecified atom stereocenters. The third-order valence-corrected chi connectivity index (χ3v) is 5.30. The number of rotatable bonds is 9. The zero-order valence-corrected chi connectivity index (χ0v) is 22.3. The number of carbonyl (C=O) groups is 1. The lowest BCUT2D eigenvalue weighted by molar-refractivity contribution is 0.0578. The molecular formula is C27H32F2N4O5. The predicted molar refractivity (Wildman–Crippen MR) is 137 cm³/mol. The van der Waals surface area contributed by atoms with Gasteiger partial charge < -0.3 is 19.3 Å². The molecule has 2 aromatic carbocycles. The molecule has 1 aromatic heterocycles. The first-order valence-corrected chi connectivity index (χ1v) is 11.9. The first-order chi connectivity index (χ1) is 17.8. The molecule has 1 heterocycles. The Balaban J connectivity index is 2.09. The van der Waals surface area contributed by atoms with E-state index in [0.717, 1.165) is 5.56 Å². The van der Waals surface area contributed by atoms with Crippen LogP contribution in [0.15, 0.2) is 42.5 Å². The van der Waals surface area contributed by atoms with Crippen molar-refractivity contribution in [3.05, 3.63) is 59.4 Å². The van der Waals surface area contributed by atoms with Gasteiger partial charge in [0.25, 0.3) is 0 Å². The molecule has 1 amide bonds. The average Bonchev–Trinajstić information content (AvgIpc) is 2.83. The number of anilines is 1. The van der Waals surface area contributed by atoms with Crippen LogP contribution in [0.3, 0.4) is 0 Å². The minimum atomic E-state index is -1.26. The van der Waals surface area contributed by atoms with Crippen LogP contribution in [0.5, 0.6) is 11.8 Å². The molecule has 0 bridgehead atoms. The Labute approximate surface area is 220 Å². The monoisotopic (exact) mass is 530 g/mol. The molecule has 38 heavy (non-hydrogen) atoms. The van der Waals surface area contributed by atoms with E-state index in [2.05, 4.69) is 15.0 Å². The summed E-state index contributed by atoms with van der Waals surface area (Å²) < 4.78 is 42.4. The van der Waals surface area contributed by atoms with Gasteiger partial charge in [0.2, 0.25) is 12.8 Å². The quantitative estimate of drug-likeness (QED) is 0.402. The van der Waals surface area contributed by atoms with Gasteiger partial charge in [-0.2, -0.15) is 15.0 Å². The fourth-order valence-electron chi connectivity index (χ4n) is 3.52. The van der Waals surface area contributed by atoms with Gasteiger partial charge in [0, 0.05) is 17.7 Å². The van der Waals surface area contributed by atoms with E-state index in [4.69, 9.17) is 14.2 Å². The van der Waals surface area contributed by atoms with Crippen molar-refractivity contribution in [3.8, 4) is 23.1 Å². The Morgan fingerprint density at radius 3 is 2.29 bits per heavy atom. The highest BCUT2D eigenvalue weighted by atomic mass is 19.1. The fourth-order valence-corrected chi connectivity index (χ4v) is 3.52. The number of alkyl halides is 1. The van der Waals surface area contributed by atoms with Crippen LogP contribution in [0, 0.1) is 5.82 Å². The maximum atomic E-state index is 13.4. The molecule has 0 saturated heterocycles. The Morgan fingerprint density at radius 1 is 1.03 bits per heavy atom. The summed E-state index contributed by atoms with van der Waals surface area (Å²) in [7, 11) is 1.48. The fraction of sp³-hybridized carbons (Fsp3) is 0.407. The van der Waals surface area contributed by atoms with Gasteiger partial charge in [0.15, 0.2) is 5.82 Å². The molecule has 1 N–H and O–H groups in total. The van der Waals surface area contributed by atoms with Crippen molar-refractivity contribution in [2.75, 3.05) is 25.4 Å². The third kappa shape index (κ3) is 7.58. The topological polar surface area (TPSA) is 107 Å². The molecule has 3 aromatic rings. The average molecular weight is 531 g/mol. The highest BCUT2D eigenvalue weighted by Crippen LogP contribution is 2.33. The summed E-state index contributed by atoms with van der Waals surface area (Å²) in [5.41, 5.74) is -0.408. The molecule has 204 valence electrons. The first kappa shape index (κ1) is 28.7. The van der Waals surface area contributed by atoms with Gasteiger partial charge >= 0.3 is 12.1 Å². The molecule has 11 heteroatoms. The molecule has 0 aliphatic rings. The minimum Gasteiger partial charge on any atom is -0.496 e. The molecule has 9 nitrogen and oxygen atoms in total. The van der Waals surface area contributed by atoms with Crippen molar-refractivity contribution in [1.82, 2.24) is 15.0 Å². The van der Waals surface area contributed by atoms with E-state index in [0.29, 0.717) is 23.3 Å². The van der Waals surface area contributed by atoms with Crippen LogP contribution >= 0.6 is 0 Å². The van der Waals surface area contributed by atoms with Crippen LogP contribution in [0.25, 0.3) is 11.4 Å². The second-order valence-corrected chi connectivity index (χ2v) is 9.98. The number of benzene rings is 2. The zero-order chi connectivity index (χ0) is 28.1. The maximum Gasteiger partial charge on any atom is 0.417 e. The van der Waals surface area contributed by atoms with E-state index in [1.165, 1.54) is 24.1 Å². The van der Waals surface area contributed by atoms with E-state index in [1.54, 1.807) is 65.0 Å². The number of hydrogen-bond acceptors (Lipinski definition) is 8. The standard InChI is InChI=1S/C27H32F2N4O5/c1-26(2,3)38-25(34)33(14-13-17-7-10-19(29)11-8-17)23-30-22(31-24(32-23)37-16-28)18-9-12-21(36-6)20(15-18)27(4,5)35/h7-12,15,35H,13-14,16H2,1-6H3. The van der Waals surface area contributed by atoms with Gasteiger partial charge in [0.05, 0.1) is 12.7 Å². The number of aliphatic hydroxyl groups is 1. The Bertz CT molecular complexity index is 1260. The molecule has 0 spiro atoms. The van der Waals surface area contributed by atoms with E-state index < -0.39 is 24.2 Å². The molecule has 0 aliphatic heterocycles. The SMILES string of the molecule is COc1ccc(-c2nc(OCF)nc(N(CCc3ccc(F)cc3)C(=O)OC(C)(C)C)n2)cc1C(C)(C)O. The normalized spacial score (nSPS) is 11.7. The molecular weight excluding hydrogens is 498 g/mol. The van der Waals surface area contributed by atoms with Gasteiger partial charge in [-0.25, -0.2) is 18.5 Å². The van der Waals surface area contributed by atoms with E-state index in [1.807, 2.05) is 0 Å². The largest absolute Gasteiger partial charge is 0.496 e. The maximum absolute atomic E-state index is 13.4. The summed E-state index contributed by atoms with van der Waals surface area (Å²) in [6.45, 7) is 7.22. The van der Waals surface area contributed by atoms with Crippen LogP contribution in [0.1, 0.15) is 45.7 Å². The zero-order valence-electron chi connectivity index (χ0n) is 22.3. The number of halogens is 2. The van der Waals surface area contributed by atoms with Crippen LogP contribution in [0.4, 0.5) is 19.5 Å². The number of hydrogen-bond donors (Lipinski definition) is 1. The van der Waals surface area contributed by atoms with E-state index in [-0.39, 0.29) is 30.1 Å². The number of aromatic nitrogens is 3. The molecule has 0 aliphatic carbocycles. The summed E-state index contributed by atoms with van der Waals surface area (Å²) in [6.07, 6.45) is -0.416. The summed E-state index contributed by atoms with van der Waals surface area (Å²) in [5, 5.41) is 10.6. The lowest BCUT2D eigenvalue weighted by Crippen LogP contribution is -2.39. The molecule has 0 saturated carbocycles. The number of nitrogens with zero attached hydrogens (tertiary/aromatic N) is 4. The van der Waals surface area contributed by atoms with Gasteiger partial charge in [-0.15, -0.1) is 0 Å². The van der Waals surface area contributed by atoms with Crippen LogP contribution in [0.2, 0.25) is 0 Å². The van der Waals surface area contributed by atoms with E-state index in [9.17, 15) is 18.7 Å². The number of carbonyl (C=O) groups excluding carboxylic acids is 1. The molecule has 0 fully saturated rings. The van der Waals surface area contributed by atoms with Gasteiger partial charge in [-0.05, 0) is 76.9 Å². The number of methoxy groups -OCH3 is 1. The summed E-state index contributed by atoms with van der Waals surface area (Å²) >= 11 is 0. The van der Waals surface area contributed by atoms with Crippen molar-refractivity contribution in [1.29, 1.82) is 0 Å². The Morgan fingerprint density at radius 2 is 1.71 bits per heavy atom. The second kappa shape index (κ2) is 11.7. The van der Waals surface area contributed by atoms with Gasteiger partial charge in [-0.1, -0.05) is 12.1 Å². The van der Waals surface area contributed by atoms with Crippen molar-refractivity contribution < 1.29 is 32.9 Å². The van der Waals surface area contributed by atoms with Gasteiger partial charge in [0.1, 0.15) is 17.2 Å². The van der Waals surface area contributed by atoms with E-state index >= 15 is 0 Å². The van der Waals surface area contributed by atoms with Crippen LogP contribution in [-0.4, -0.2) is 52.3 Å². The number of ether oxygens (including phenoxy) is 3. The smallest absolute Gasteiger partial charge is 0.417 e. The van der Waals surface area contributed by atoms with Crippen LogP contribution in [-0.2, 0) is 16.8 Å². The van der Waals surface area contributed by atoms with Crippen molar-refractivity contribution in [2.45, 2.75) is 52.2 Å². The molecule has 0 atom stereocenters. The summed E-state index contributed by atoms with van der Waals surface area (Å²) in [6, 6.07) is 10.4. The lowest BCUT2D eigenvalue weighted by atomic mass is 9.95. The Hall–Kier alpha value is -3.86. The minimum absolute atomic E-state index is 0.0661. The van der Waals surface area contributed by atoms with Crippen molar-refractivity contribution in [3.63, 3.8) is 0 Å². The van der Waals surface area contributed by atoms with Crippen molar-refractivity contribution in [2.24, 2.45) is 0 Å². The van der Waals surface area contributed by atoms with Crippen molar-refractivity contribution >= 4 is 12.0 Å². The Kier molecular flexibility index (Phi) is 8.82.